The van der Waals surface area contributed by atoms with E-state index in [1.165, 1.54) is 66.7 Å². The average molecular weight is 939 g/mol. The predicted octanol–water partition coefficient (Wildman–Crippen LogP) is 18.1. The first kappa shape index (κ1) is 39.4. The van der Waals surface area contributed by atoms with Crippen molar-refractivity contribution in [3.63, 3.8) is 0 Å². The number of fused-ring (bicyclic) bond motifs is 8. The summed E-state index contributed by atoms with van der Waals surface area (Å²) in [5, 5.41) is 10.0. The number of benzene rings is 11. The molecule has 5 heteroatoms. The first-order chi connectivity index (χ1) is 33.2. The van der Waals surface area contributed by atoms with Gasteiger partial charge in [0, 0.05) is 27.8 Å². The summed E-state index contributed by atoms with van der Waals surface area (Å²) >= 11 is 2.19. The van der Waals surface area contributed by atoms with Crippen LogP contribution in [-0.2, 0) is 0 Å². The van der Waals surface area contributed by atoms with Gasteiger partial charge in [0.2, 0.25) is 0 Å². The van der Waals surface area contributed by atoms with Crippen molar-refractivity contribution in [2.45, 2.75) is 0 Å². The average Bonchev–Trinajstić information content (AvgIpc) is 3.95. The summed E-state index contributed by atoms with van der Waals surface area (Å²) in [6.45, 7) is 0. The van der Waals surface area contributed by atoms with Gasteiger partial charge in [-0.15, -0.1) is 0 Å². The normalized spacial score (nSPS) is 11.6. The minimum absolute atomic E-state index is 0.323. The predicted molar refractivity (Wildman–Crippen MR) is 290 cm³/mol. The molecule has 13 aromatic rings. The number of thiophene rings is 1. The topological polar surface area (TPSA) is 9.72 Å². The molecule has 0 fully saturated rings. The molecule has 13 rings (SSSR count). The van der Waals surface area contributed by atoms with E-state index >= 15 is 0 Å². The summed E-state index contributed by atoms with van der Waals surface area (Å²) in [5.41, 5.74) is 10.1. The fourth-order valence-electron chi connectivity index (χ4n) is 9.90. The van der Waals surface area contributed by atoms with Crippen LogP contribution in [0, 0.1) is 0 Å². The number of nitrogens with zero attached hydrogens (tertiary/aromatic N) is 3. The van der Waals surface area contributed by atoms with Gasteiger partial charge >= 0.3 is 202 Å². The van der Waals surface area contributed by atoms with Crippen molar-refractivity contribution in [3.05, 3.63) is 249 Å². The number of hydrogen-bond donors (Lipinski definition) is 0. The molecule has 0 aliphatic heterocycles. The molecule has 0 radical (unpaired) electrons. The van der Waals surface area contributed by atoms with E-state index in [1.807, 2.05) is 11.3 Å². The van der Waals surface area contributed by atoms with E-state index in [2.05, 4.69) is 263 Å². The van der Waals surface area contributed by atoms with Crippen LogP contribution in [0.3, 0.4) is 0 Å². The van der Waals surface area contributed by atoms with Crippen LogP contribution < -0.4 is 14.7 Å². The van der Waals surface area contributed by atoms with Crippen LogP contribution >= 0.6 is 11.3 Å². The molecule has 11 aromatic carbocycles. The van der Waals surface area contributed by atoms with Gasteiger partial charge in [0.25, 0.3) is 0 Å². The van der Waals surface area contributed by atoms with Crippen molar-refractivity contribution < 1.29 is 0 Å². The van der Waals surface area contributed by atoms with Gasteiger partial charge in [-0.25, -0.2) is 0 Å². The van der Waals surface area contributed by atoms with E-state index in [0.29, 0.717) is 14.5 Å². The zero-order valence-electron chi connectivity index (χ0n) is 36.3. The molecule has 3 nitrogen and oxygen atoms in total. The van der Waals surface area contributed by atoms with Gasteiger partial charge in [-0.2, -0.15) is 0 Å². The van der Waals surface area contributed by atoms with Gasteiger partial charge in [-0.3, -0.25) is 0 Å². The van der Waals surface area contributed by atoms with E-state index in [0.717, 1.165) is 45.5 Å². The molecule has 2 aromatic heterocycles. The van der Waals surface area contributed by atoms with Crippen LogP contribution in [0.1, 0.15) is 0 Å². The van der Waals surface area contributed by atoms with Crippen LogP contribution in [0.15, 0.2) is 249 Å². The van der Waals surface area contributed by atoms with Crippen molar-refractivity contribution in [3.8, 4) is 0 Å². The second-order valence-electron chi connectivity index (χ2n) is 16.9. The Hall–Kier alpha value is -7.92. The van der Waals surface area contributed by atoms with Gasteiger partial charge in [-0.05, 0) is 59.3 Å². The van der Waals surface area contributed by atoms with E-state index in [1.54, 1.807) is 0 Å². The first-order valence-corrected chi connectivity index (χ1v) is 25.2. The molecule has 316 valence electrons. The van der Waals surface area contributed by atoms with Crippen LogP contribution in [0.2, 0.25) is 0 Å². The van der Waals surface area contributed by atoms with E-state index in [9.17, 15) is 0 Å². The van der Waals surface area contributed by atoms with E-state index in [-0.39, 0.29) is 0 Å². The third kappa shape index (κ3) is 6.95. The summed E-state index contributed by atoms with van der Waals surface area (Å²) in [5.74, 6) is 0. The molecule has 67 heavy (non-hydrogen) atoms. The fraction of sp³-hybridized carbons (Fsp3) is 0. The van der Waals surface area contributed by atoms with E-state index in [4.69, 9.17) is 0 Å². The van der Waals surface area contributed by atoms with Gasteiger partial charge in [0.15, 0.2) is 0 Å². The van der Waals surface area contributed by atoms with Crippen LogP contribution in [0.25, 0.3) is 61.0 Å². The Morgan fingerprint density at radius 3 is 1.34 bits per heavy atom. The number of rotatable bonds is 9. The Labute approximate surface area is 399 Å². The quantitative estimate of drug-likeness (QED) is 0.134. The molecule has 0 atom stereocenters. The second-order valence-corrected chi connectivity index (χ2v) is 20.3. The molecule has 0 aliphatic carbocycles. The molecule has 0 amide bonds. The van der Waals surface area contributed by atoms with Crippen molar-refractivity contribution >= 4 is 138 Å². The van der Waals surface area contributed by atoms with Crippen LogP contribution in [0.4, 0.5) is 51.2 Å². The van der Waals surface area contributed by atoms with Gasteiger partial charge in [0.1, 0.15) is 0 Å². The third-order valence-corrected chi connectivity index (χ3v) is 16.5. The Morgan fingerprint density at radius 1 is 0.254 bits per heavy atom. The van der Waals surface area contributed by atoms with Crippen LogP contribution in [0.5, 0.6) is 0 Å². The summed E-state index contributed by atoms with van der Waals surface area (Å²) in [4.78, 5) is 7.23. The molecule has 2 heterocycles. The molecule has 0 saturated carbocycles. The molecule has 0 aliphatic rings. The minimum atomic E-state index is 0.323. The molecule has 0 saturated heterocycles. The van der Waals surface area contributed by atoms with Gasteiger partial charge < -0.3 is 9.80 Å². The summed E-state index contributed by atoms with van der Waals surface area (Å²) in [6, 6.07) is 91.1. The Morgan fingerprint density at radius 2 is 0.701 bits per heavy atom. The summed E-state index contributed by atoms with van der Waals surface area (Å²) < 4.78 is 5.42. The monoisotopic (exact) mass is 939 g/mol. The standard InChI is InChI=1S/C62H41N3SSe/c1-4-18-44(19-5-1)63(48-34-37-62-56(39-48)55-24-12-13-29-61(55)67-62)49-32-35-53-54-36-33-50(41-60(54)66-59(53)40-49)65(47-31-30-42-16-10-11-17-43(42)38-47)58-28-15-25-51-52(58)26-14-27-57(51)64(45-20-6-2-7-21-45)46-22-8-3-9-23-46/h1-41H. The fourth-order valence-corrected chi connectivity index (χ4v) is 13.4. The SMILES string of the molecule is c1ccc(N(c2ccc3c(c2)sc2cc(N(c4ccc5ccccc5c4)c4cccc5c(N(c6ccccc6)c6ccccc6)cccc45)ccc23)c2ccc3[se]c4ccccc4c3c2)cc1. The maximum absolute atomic E-state index is 2.45. The maximum atomic E-state index is 2.45. The number of anilines is 9. The molecule has 0 N–H and O–H groups in total. The Balaban J connectivity index is 0.965. The number of hydrogen-bond acceptors (Lipinski definition) is 4. The Kier molecular flexibility index (Phi) is 9.72. The van der Waals surface area contributed by atoms with E-state index < -0.39 is 0 Å². The van der Waals surface area contributed by atoms with Crippen molar-refractivity contribution in [2.75, 3.05) is 14.7 Å². The van der Waals surface area contributed by atoms with Crippen molar-refractivity contribution in [2.24, 2.45) is 0 Å². The summed E-state index contributed by atoms with van der Waals surface area (Å²) in [6.07, 6.45) is 0. The van der Waals surface area contributed by atoms with Gasteiger partial charge in [-0.1, -0.05) is 91.0 Å². The summed E-state index contributed by atoms with van der Waals surface area (Å²) in [7, 11) is 0. The molecule has 0 unspecified atom stereocenters. The molecule has 0 spiro atoms. The van der Waals surface area contributed by atoms with Crippen LogP contribution in [-0.4, -0.2) is 14.5 Å². The van der Waals surface area contributed by atoms with Crippen molar-refractivity contribution in [1.82, 2.24) is 0 Å². The first-order valence-electron chi connectivity index (χ1n) is 22.7. The second kappa shape index (κ2) is 16.5. The van der Waals surface area contributed by atoms with Crippen molar-refractivity contribution in [1.29, 1.82) is 0 Å². The molecular formula is C62H41N3SSe. The number of para-hydroxylation sites is 3. The zero-order valence-corrected chi connectivity index (χ0v) is 38.9. The molecular weight excluding hydrogens is 898 g/mol. The zero-order chi connectivity index (χ0) is 44.3. The van der Waals surface area contributed by atoms with Gasteiger partial charge in [0.05, 0.1) is 11.4 Å². The third-order valence-electron chi connectivity index (χ3n) is 13.0. The Bertz CT molecular complexity index is 3920. The molecule has 0 bridgehead atoms.